The van der Waals surface area contributed by atoms with E-state index in [-0.39, 0.29) is 16.9 Å². The monoisotopic (exact) mass is 417 g/mol. The number of primary sulfonamides is 1. The number of aromatic nitrogens is 2. The fraction of sp³-hybridized carbons (Fsp3) is 0.118. The molecule has 11 heteroatoms. The summed E-state index contributed by atoms with van der Waals surface area (Å²) in [5.41, 5.74) is -0.880. The number of nitrogens with zero attached hydrogens (tertiary/aromatic N) is 2. The average molecular weight is 417 g/mol. The van der Waals surface area contributed by atoms with Crippen LogP contribution in [-0.2, 0) is 10.0 Å². The molecule has 28 heavy (non-hydrogen) atoms. The molecule has 0 saturated carbocycles. The zero-order valence-electron chi connectivity index (χ0n) is 14.1. The third-order valence-corrected chi connectivity index (χ3v) is 4.89. The highest BCUT2D eigenvalue weighted by atomic mass is 32.2. The van der Waals surface area contributed by atoms with Crippen LogP contribution in [0.1, 0.15) is 17.7 Å². The van der Waals surface area contributed by atoms with Gasteiger partial charge in [-0.2, -0.15) is 5.10 Å². The van der Waals surface area contributed by atoms with Gasteiger partial charge in [0.05, 0.1) is 11.4 Å². The van der Waals surface area contributed by atoms with Crippen molar-refractivity contribution in [2.45, 2.75) is 18.2 Å². The third-order valence-electron chi connectivity index (χ3n) is 3.93. The van der Waals surface area contributed by atoms with Crippen LogP contribution in [0.15, 0.2) is 41.3 Å². The molecule has 148 valence electrons. The lowest BCUT2D eigenvalue weighted by Crippen LogP contribution is -2.16. The summed E-state index contributed by atoms with van der Waals surface area (Å²) in [7, 11) is -4.69. The summed E-state index contributed by atoms with van der Waals surface area (Å²) in [6, 6.07) is 5.89. The molecule has 0 radical (unpaired) electrons. The zero-order chi connectivity index (χ0) is 20.8. The molecule has 0 aliphatic rings. The first-order chi connectivity index (χ1) is 13.0. The van der Waals surface area contributed by atoms with Gasteiger partial charge < -0.3 is 0 Å². The van der Waals surface area contributed by atoms with E-state index in [1.165, 1.54) is 19.1 Å². The molecule has 3 aromatic rings. The van der Waals surface area contributed by atoms with Gasteiger partial charge in [0.25, 0.3) is 6.43 Å². The number of sulfonamides is 1. The average Bonchev–Trinajstić information content (AvgIpc) is 3.01. The SMILES string of the molecule is Cc1ccc(-n2nc(C(F)F)cc2-c2cc(F)c(S(N)(=O)=O)c(F)c2)cc1F. The summed E-state index contributed by atoms with van der Waals surface area (Å²) < 4.78 is 92.0. The van der Waals surface area contributed by atoms with Gasteiger partial charge in [-0.1, -0.05) is 6.07 Å². The van der Waals surface area contributed by atoms with Crippen molar-refractivity contribution < 1.29 is 30.4 Å². The molecule has 0 spiro atoms. The van der Waals surface area contributed by atoms with Gasteiger partial charge in [0.1, 0.15) is 23.1 Å². The van der Waals surface area contributed by atoms with Gasteiger partial charge >= 0.3 is 0 Å². The first-order valence-corrected chi connectivity index (χ1v) is 9.20. The predicted molar refractivity (Wildman–Crippen MR) is 89.9 cm³/mol. The minimum atomic E-state index is -4.69. The Morgan fingerprint density at radius 2 is 1.61 bits per heavy atom. The zero-order valence-corrected chi connectivity index (χ0v) is 14.9. The third kappa shape index (κ3) is 3.62. The Hall–Kier alpha value is -2.79. The molecule has 1 heterocycles. The minimum Gasteiger partial charge on any atom is -0.233 e. The number of hydrogen-bond acceptors (Lipinski definition) is 3. The summed E-state index contributed by atoms with van der Waals surface area (Å²) in [6.45, 7) is 1.49. The predicted octanol–water partition coefficient (Wildman–Crippen LogP) is 3.85. The second-order valence-corrected chi connectivity index (χ2v) is 7.41. The van der Waals surface area contributed by atoms with Crippen molar-refractivity contribution >= 4 is 10.0 Å². The summed E-state index contributed by atoms with van der Waals surface area (Å²) >= 11 is 0. The number of aryl methyl sites for hydroxylation is 1. The van der Waals surface area contributed by atoms with Crippen LogP contribution in [0.5, 0.6) is 0 Å². The molecular weight excluding hydrogens is 405 g/mol. The summed E-state index contributed by atoms with van der Waals surface area (Å²) in [5.74, 6) is -3.64. The molecule has 0 amide bonds. The maximum atomic E-state index is 14.2. The quantitative estimate of drug-likeness (QED) is 0.655. The van der Waals surface area contributed by atoms with Gasteiger partial charge in [0.2, 0.25) is 10.0 Å². The summed E-state index contributed by atoms with van der Waals surface area (Å²) in [6.07, 6.45) is -3.01. The molecule has 5 nitrogen and oxygen atoms in total. The van der Waals surface area contributed by atoms with Crippen molar-refractivity contribution in [2.75, 3.05) is 0 Å². The van der Waals surface area contributed by atoms with Gasteiger partial charge in [-0.25, -0.2) is 40.2 Å². The highest BCUT2D eigenvalue weighted by molar-refractivity contribution is 7.89. The molecule has 0 fully saturated rings. The molecule has 2 N–H and O–H groups in total. The molecule has 0 aliphatic carbocycles. The van der Waals surface area contributed by atoms with Crippen LogP contribution in [0.3, 0.4) is 0 Å². The summed E-state index contributed by atoms with van der Waals surface area (Å²) in [4.78, 5) is -1.35. The Labute approximate surface area is 156 Å². The van der Waals surface area contributed by atoms with E-state index in [1.807, 2.05) is 0 Å². The molecule has 1 aromatic heterocycles. The lowest BCUT2D eigenvalue weighted by atomic mass is 10.1. The van der Waals surface area contributed by atoms with Gasteiger partial charge in [-0.3, -0.25) is 0 Å². The maximum Gasteiger partial charge on any atom is 0.282 e. The molecular formula is C17H12F5N3O2S. The topological polar surface area (TPSA) is 78.0 Å². The van der Waals surface area contributed by atoms with Gasteiger partial charge in [-0.05, 0) is 42.8 Å². The summed E-state index contributed by atoms with van der Waals surface area (Å²) in [5, 5.41) is 8.45. The Morgan fingerprint density at radius 1 is 1.00 bits per heavy atom. The van der Waals surface area contributed by atoms with Crippen LogP contribution < -0.4 is 5.14 Å². The standard InChI is InChI=1S/C17H12F5N3O2S/c1-8-2-3-10(6-11(8)18)25-15(7-14(24-25)17(21)22)9-4-12(19)16(13(20)5-9)28(23,26)27/h2-7,17H,1H3,(H2,23,26,27). The number of nitrogens with two attached hydrogens (primary N) is 1. The second-order valence-electron chi connectivity index (χ2n) is 5.91. The number of alkyl halides is 2. The van der Waals surface area contributed by atoms with Crippen LogP contribution in [0.4, 0.5) is 22.0 Å². The van der Waals surface area contributed by atoms with Gasteiger partial charge in [0, 0.05) is 5.56 Å². The van der Waals surface area contributed by atoms with Crippen LogP contribution in [0, 0.1) is 24.4 Å². The molecule has 0 atom stereocenters. The molecule has 0 saturated heterocycles. The molecule has 2 aromatic carbocycles. The highest BCUT2D eigenvalue weighted by Crippen LogP contribution is 2.31. The van der Waals surface area contributed by atoms with Crippen molar-refractivity contribution in [3.63, 3.8) is 0 Å². The highest BCUT2D eigenvalue weighted by Gasteiger charge is 2.24. The van der Waals surface area contributed by atoms with Crippen LogP contribution in [-0.4, -0.2) is 18.2 Å². The Bertz CT molecular complexity index is 1150. The number of hydrogen-bond donors (Lipinski definition) is 1. The fourth-order valence-corrected chi connectivity index (χ4v) is 3.26. The maximum absolute atomic E-state index is 14.2. The first-order valence-electron chi connectivity index (χ1n) is 7.66. The van der Waals surface area contributed by atoms with E-state index in [9.17, 15) is 30.4 Å². The van der Waals surface area contributed by atoms with Crippen LogP contribution in [0.25, 0.3) is 16.9 Å². The smallest absolute Gasteiger partial charge is 0.233 e. The largest absolute Gasteiger partial charge is 0.282 e. The fourth-order valence-electron chi connectivity index (χ4n) is 2.60. The number of halogens is 5. The second kappa shape index (κ2) is 6.99. The molecule has 0 aliphatic heterocycles. The van der Waals surface area contributed by atoms with Crippen molar-refractivity contribution in [1.29, 1.82) is 0 Å². The van der Waals surface area contributed by atoms with E-state index in [1.54, 1.807) is 0 Å². The van der Waals surface area contributed by atoms with Crippen molar-refractivity contribution in [2.24, 2.45) is 5.14 Å². The molecule has 3 rings (SSSR count). The number of benzene rings is 2. The molecule has 0 bridgehead atoms. The normalized spacial score (nSPS) is 12.0. The van der Waals surface area contributed by atoms with Crippen molar-refractivity contribution in [3.8, 4) is 16.9 Å². The van der Waals surface area contributed by atoms with E-state index in [4.69, 9.17) is 5.14 Å². The Morgan fingerprint density at radius 3 is 2.11 bits per heavy atom. The van der Waals surface area contributed by atoms with E-state index >= 15 is 0 Å². The van der Waals surface area contributed by atoms with E-state index in [0.717, 1.165) is 16.8 Å². The van der Waals surface area contributed by atoms with Crippen molar-refractivity contribution in [1.82, 2.24) is 9.78 Å². The first kappa shape index (κ1) is 20.0. The van der Waals surface area contributed by atoms with E-state index in [2.05, 4.69) is 5.10 Å². The number of rotatable bonds is 4. The lowest BCUT2D eigenvalue weighted by Gasteiger charge is -2.10. The minimum absolute atomic E-state index is 0.0290. The Balaban J connectivity index is 2.26. The Kier molecular flexibility index (Phi) is 4.98. The lowest BCUT2D eigenvalue weighted by molar-refractivity contribution is 0.145. The van der Waals surface area contributed by atoms with Crippen LogP contribution in [0.2, 0.25) is 0 Å². The molecule has 0 unspecified atom stereocenters. The van der Waals surface area contributed by atoms with E-state index in [0.29, 0.717) is 17.7 Å². The van der Waals surface area contributed by atoms with Gasteiger partial charge in [-0.15, -0.1) is 0 Å². The van der Waals surface area contributed by atoms with Crippen molar-refractivity contribution in [3.05, 3.63) is 65.1 Å². The van der Waals surface area contributed by atoms with Gasteiger partial charge in [0.15, 0.2) is 4.90 Å². The van der Waals surface area contributed by atoms with E-state index < -0.39 is 44.5 Å². The van der Waals surface area contributed by atoms with Crippen LogP contribution >= 0.6 is 0 Å².